The van der Waals surface area contributed by atoms with E-state index in [0.29, 0.717) is 31.3 Å². The Morgan fingerprint density at radius 2 is 1.88 bits per heavy atom. The Bertz CT molecular complexity index is 1670. The zero-order valence-corrected chi connectivity index (χ0v) is 29.1. The van der Waals surface area contributed by atoms with Crippen molar-refractivity contribution in [1.29, 1.82) is 0 Å². The summed E-state index contributed by atoms with van der Waals surface area (Å²) in [5, 5.41) is 15.6. The molecule has 5 aliphatic heterocycles. The van der Waals surface area contributed by atoms with Gasteiger partial charge in [-0.25, -0.2) is 4.79 Å². The Labute approximate surface area is 289 Å². The van der Waals surface area contributed by atoms with Crippen LogP contribution in [0.4, 0.5) is 16.3 Å². The Kier molecular flexibility index (Phi) is 9.01. The fraction of sp³-hybridized carbons (Fsp3) is 0.605. The summed E-state index contributed by atoms with van der Waals surface area (Å²) in [6.45, 7) is 7.88. The molecule has 4 atom stereocenters. The highest BCUT2D eigenvalue weighted by molar-refractivity contribution is 5.97. The normalized spacial score (nSPS) is 26.2. The predicted molar refractivity (Wildman–Crippen MR) is 191 cm³/mol. The average molecular weight is 670 g/mol. The van der Waals surface area contributed by atoms with Crippen molar-refractivity contribution in [1.82, 2.24) is 25.1 Å². The number of rotatable bonds is 10. The van der Waals surface area contributed by atoms with Crippen LogP contribution in [0.3, 0.4) is 0 Å². The lowest BCUT2D eigenvalue weighted by Gasteiger charge is -2.38. The largest absolute Gasteiger partial charge is 0.461 e. The topological polar surface area (TPSA) is 107 Å². The quantitative estimate of drug-likeness (QED) is 0.328. The van der Waals surface area contributed by atoms with Gasteiger partial charge in [0.1, 0.15) is 19.0 Å². The Hall–Kier alpha value is -3.67. The molecular weight excluding hydrogens is 618 g/mol. The molecule has 1 amide bonds. The van der Waals surface area contributed by atoms with Gasteiger partial charge in [0.2, 0.25) is 0 Å². The molecule has 4 saturated heterocycles. The summed E-state index contributed by atoms with van der Waals surface area (Å²) in [5.41, 5.74) is 4.91. The first kappa shape index (κ1) is 32.5. The van der Waals surface area contributed by atoms with E-state index in [1.165, 1.54) is 45.3 Å². The number of amides is 1. The van der Waals surface area contributed by atoms with Crippen molar-refractivity contribution < 1.29 is 19.4 Å². The number of carbonyl (C=O) groups is 1. The van der Waals surface area contributed by atoms with Crippen LogP contribution < -0.4 is 19.9 Å². The second-order valence-electron chi connectivity index (χ2n) is 14.8. The second-order valence-corrected chi connectivity index (χ2v) is 14.8. The third-order valence-electron chi connectivity index (χ3n) is 11.9. The molecule has 49 heavy (non-hydrogen) atoms. The number of aliphatic hydroxyl groups is 1. The summed E-state index contributed by atoms with van der Waals surface area (Å²) in [6, 6.07) is 15.0. The van der Waals surface area contributed by atoms with Crippen molar-refractivity contribution >= 4 is 28.4 Å². The first-order chi connectivity index (χ1) is 23.9. The van der Waals surface area contributed by atoms with E-state index in [4.69, 9.17) is 19.4 Å². The van der Waals surface area contributed by atoms with Crippen molar-refractivity contribution in [2.75, 3.05) is 69.4 Å². The zero-order chi connectivity index (χ0) is 33.5. The van der Waals surface area contributed by atoms with Gasteiger partial charge in [0, 0.05) is 68.0 Å². The molecule has 0 aliphatic carbocycles. The number of piperazine rings is 1. The number of carbonyl (C=O) groups excluding carboxylic acids is 1. The van der Waals surface area contributed by atoms with E-state index >= 15 is 0 Å². The van der Waals surface area contributed by atoms with Crippen molar-refractivity contribution in [3.63, 3.8) is 0 Å². The van der Waals surface area contributed by atoms with Gasteiger partial charge in [-0.3, -0.25) is 4.90 Å². The SMILES string of the molecule is CCc1cccc2cccc(N3CCc4c(nc(OC[C@]56CCCN5[C@@H](COC(=O)N(C)CCO)CC6)nc4N4C[C@H]5CC[C@@H](C4)N5)C3)c12. The lowest BCUT2D eigenvalue weighted by molar-refractivity contribution is 0.0449. The monoisotopic (exact) mass is 669 g/mol. The molecule has 11 heteroatoms. The molecular formula is C38H51N7O4. The first-order valence-electron chi connectivity index (χ1n) is 18.5. The molecule has 0 unspecified atom stereocenters. The number of aliphatic hydroxyl groups excluding tert-OH is 1. The first-order valence-corrected chi connectivity index (χ1v) is 18.5. The van der Waals surface area contributed by atoms with Crippen LogP contribution in [-0.4, -0.2) is 114 Å². The number of hydrogen-bond donors (Lipinski definition) is 2. The molecule has 0 radical (unpaired) electrons. The van der Waals surface area contributed by atoms with Crippen molar-refractivity contribution in [3.8, 4) is 6.01 Å². The summed E-state index contributed by atoms with van der Waals surface area (Å²) in [7, 11) is 1.66. The van der Waals surface area contributed by atoms with Crippen LogP contribution >= 0.6 is 0 Å². The standard InChI is InChI=1S/C38H51N7O4/c1-3-26-7-4-8-27-9-5-10-33(34(26)27)43-18-14-31-32(23-43)40-36(41-35(31)44-21-28-11-12-29(22-44)39-28)49-25-38-15-6-17-45(38)30(13-16-38)24-48-37(47)42(2)19-20-46/h4-5,7-10,28-30,39,46H,3,6,11-25H2,1-2H3/t28-,29+,30-,38-/m1/s1. The summed E-state index contributed by atoms with van der Waals surface area (Å²) < 4.78 is 12.3. The molecule has 2 bridgehead atoms. The minimum absolute atomic E-state index is 0.0785. The number of likely N-dealkylation sites (N-methyl/N-ethyl adjacent to an activating group) is 1. The third kappa shape index (κ3) is 6.18. The van der Waals surface area contributed by atoms with Crippen LogP contribution in [-0.2, 0) is 24.1 Å². The van der Waals surface area contributed by atoms with E-state index in [9.17, 15) is 9.90 Å². The molecule has 4 fully saturated rings. The van der Waals surface area contributed by atoms with Gasteiger partial charge in [-0.05, 0) is 74.9 Å². The second kappa shape index (κ2) is 13.6. The summed E-state index contributed by atoms with van der Waals surface area (Å²) >= 11 is 0. The third-order valence-corrected chi connectivity index (χ3v) is 11.9. The Morgan fingerprint density at radius 1 is 1.06 bits per heavy atom. The highest BCUT2D eigenvalue weighted by Gasteiger charge is 2.50. The van der Waals surface area contributed by atoms with E-state index in [1.54, 1.807) is 7.05 Å². The summed E-state index contributed by atoms with van der Waals surface area (Å²) in [6.07, 6.45) is 8.06. The van der Waals surface area contributed by atoms with Crippen LogP contribution in [0.25, 0.3) is 10.8 Å². The number of nitrogens with one attached hydrogen (secondary N) is 1. The van der Waals surface area contributed by atoms with Crippen molar-refractivity contribution in [3.05, 3.63) is 53.2 Å². The maximum Gasteiger partial charge on any atom is 0.409 e. The van der Waals surface area contributed by atoms with Gasteiger partial charge in [-0.1, -0.05) is 37.3 Å². The van der Waals surface area contributed by atoms with Gasteiger partial charge in [0.05, 0.1) is 24.4 Å². The fourth-order valence-corrected chi connectivity index (χ4v) is 9.35. The average Bonchev–Trinajstić information content (AvgIpc) is 3.81. The molecule has 3 aromatic rings. The number of aryl methyl sites for hydroxylation is 1. The molecule has 6 heterocycles. The molecule has 0 spiro atoms. The minimum atomic E-state index is -0.387. The van der Waals surface area contributed by atoms with Crippen LogP contribution in [0.5, 0.6) is 6.01 Å². The minimum Gasteiger partial charge on any atom is -0.461 e. The fourth-order valence-electron chi connectivity index (χ4n) is 9.35. The molecule has 2 N–H and O–H groups in total. The maximum atomic E-state index is 12.4. The van der Waals surface area contributed by atoms with E-state index in [0.717, 1.165) is 82.8 Å². The van der Waals surface area contributed by atoms with Crippen molar-refractivity contribution in [2.45, 2.75) is 88.5 Å². The van der Waals surface area contributed by atoms with Crippen LogP contribution in [0.15, 0.2) is 36.4 Å². The predicted octanol–water partition coefficient (Wildman–Crippen LogP) is 4.13. The molecule has 2 aromatic carbocycles. The summed E-state index contributed by atoms with van der Waals surface area (Å²) in [4.78, 5) is 31.7. The number of aromatic nitrogens is 2. The van der Waals surface area contributed by atoms with Gasteiger partial charge in [0.25, 0.3) is 0 Å². The Morgan fingerprint density at radius 3 is 2.67 bits per heavy atom. The Balaban J connectivity index is 1.05. The van der Waals surface area contributed by atoms with E-state index in [1.807, 2.05) is 0 Å². The van der Waals surface area contributed by atoms with Gasteiger partial charge >= 0.3 is 12.1 Å². The van der Waals surface area contributed by atoms with Gasteiger partial charge in [-0.2, -0.15) is 9.97 Å². The number of anilines is 2. The van der Waals surface area contributed by atoms with Crippen LogP contribution in [0.1, 0.15) is 62.3 Å². The van der Waals surface area contributed by atoms with E-state index < -0.39 is 0 Å². The lowest BCUT2D eigenvalue weighted by Crippen LogP contribution is -2.52. The molecule has 8 rings (SSSR count). The highest BCUT2D eigenvalue weighted by Crippen LogP contribution is 2.43. The van der Waals surface area contributed by atoms with Gasteiger partial charge in [0.15, 0.2) is 0 Å². The smallest absolute Gasteiger partial charge is 0.409 e. The van der Waals surface area contributed by atoms with E-state index in [-0.39, 0.29) is 30.8 Å². The molecule has 1 aromatic heterocycles. The number of nitrogens with zero attached hydrogens (tertiary/aromatic N) is 6. The maximum absolute atomic E-state index is 12.4. The van der Waals surface area contributed by atoms with Crippen molar-refractivity contribution in [2.24, 2.45) is 0 Å². The molecule has 5 aliphatic rings. The van der Waals surface area contributed by atoms with Crippen LogP contribution in [0, 0.1) is 0 Å². The number of fused-ring (bicyclic) bond motifs is 5. The number of benzene rings is 2. The molecule has 262 valence electrons. The molecule has 0 saturated carbocycles. The highest BCUT2D eigenvalue weighted by atomic mass is 16.6. The number of ether oxygens (including phenoxy) is 2. The van der Waals surface area contributed by atoms with Gasteiger partial charge < -0.3 is 34.6 Å². The van der Waals surface area contributed by atoms with E-state index in [2.05, 4.69) is 63.3 Å². The number of hydrogen-bond acceptors (Lipinski definition) is 10. The van der Waals surface area contributed by atoms with Gasteiger partial charge in [-0.15, -0.1) is 0 Å². The van der Waals surface area contributed by atoms with Crippen LogP contribution in [0.2, 0.25) is 0 Å². The molecule has 11 nitrogen and oxygen atoms in total. The zero-order valence-electron chi connectivity index (χ0n) is 29.1. The summed E-state index contributed by atoms with van der Waals surface area (Å²) in [5.74, 6) is 1.06. The lowest BCUT2D eigenvalue weighted by atomic mass is 9.95.